The monoisotopic (exact) mass is 393 g/mol. The van der Waals surface area contributed by atoms with Crippen molar-refractivity contribution in [2.24, 2.45) is 5.73 Å². The lowest BCUT2D eigenvalue weighted by atomic mass is 9.87. The van der Waals surface area contributed by atoms with Crippen molar-refractivity contribution in [3.8, 4) is 17.0 Å². The number of benzene rings is 1. The van der Waals surface area contributed by atoms with Gasteiger partial charge in [-0.05, 0) is 69.1 Å². The van der Waals surface area contributed by atoms with Gasteiger partial charge in [-0.2, -0.15) is 5.10 Å². The molecule has 0 amide bonds. The Morgan fingerprint density at radius 2 is 2.10 bits per heavy atom. The van der Waals surface area contributed by atoms with Crippen LogP contribution in [0, 0.1) is 6.92 Å². The Hall–Kier alpha value is -2.48. The predicted molar refractivity (Wildman–Crippen MR) is 112 cm³/mol. The van der Waals surface area contributed by atoms with Crippen LogP contribution in [0.25, 0.3) is 22.3 Å². The summed E-state index contributed by atoms with van der Waals surface area (Å²) in [5.41, 5.74) is 10.9. The lowest BCUT2D eigenvalue weighted by Crippen LogP contribution is -2.60. The molecule has 1 aromatic carbocycles. The number of ether oxygens (including phenoxy) is 1. The Morgan fingerprint density at radius 1 is 1.31 bits per heavy atom. The van der Waals surface area contributed by atoms with Gasteiger partial charge in [0.15, 0.2) is 5.65 Å². The predicted octanol–water partition coefficient (Wildman–Crippen LogP) is 2.89. The first-order valence-corrected chi connectivity index (χ1v) is 10.2. The fraction of sp³-hybridized carbons (Fsp3) is 0.455. The van der Waals surface area contributed by atoms with Gasteiger partial charge in [0.05, 0.1) is 18.3 Å². The molecule has 4 heterocycles. The van der Waals surface area contributed by atoms with E-state index in [1.807, 2.05) is 19.1 Å². The number of phenols is 1. The van der Waals surface area contributed by atoms with Crippen LogP contribution in [0.1, 0.15) is 37.1 Å². The maximum atomic E-state index is 9.62. The zero-order valence-corrected chi connectivity index (χ0v) is 16.9. The normalized spacial score (nSPS) is 27.8. The average molecular weight is 393 g/mol. The number of pyridine rings is 1. The summed E-state index contributed by atoms with van der Waals surface area (Å²) >= 11 is 0. The van der Waals surface area contributed by atoms with E-state index < -0.39 is 0 Å². The first-order chi connectivity index (χ1) is 13.9. The molecule has 0 aliphatic carbocycles. The molecule has 2 aromatic heterocycles. The number of hydrogen-bond donors (Lipinski definition) is 3. The molecule has 0 saturated carbocycles. The molecule has 3 atom stereocenters. The first kappa shape index (κ1) is 18.5. The number of rotatable bonds is 3. The molecule has 7 nitrogen and oxygen atoms in total. The Morgan fingerprint density at radius 3 is 2.79 bits per heavy atom. The first-order valence-electron chi connectivity index (χ1n) is 10.2. The molecular weight excluding hydrogens is 366 g/mol. The van der Waals surface area contributed by atoms with Crippen LogP contribution >= 0.6 is 0 Å². The molecule has 2 aliphatic rings. The minimum Gasteiger partial charge on any atom is -0.508 e. The van der Waals surface area contributed by atoms with E-state index in [1.54, 1.807) is 12.1 Å². The van der Waals surface area contributed by atoms with E-state index in [-0.39, 0.29) is 17.4 Å². The number of aryl methyl sites for hydroxylation is 1. The second-order valence-corrected chi connectivity index (χ2v) is 8.74. The quantitative estimate of drug-likeness (QED) is 0.633. The number of likely N-dealkylation sites (tertiary alicyclic amines) is 1. The second kappa shape index (κ2) is 6.79. The van der Waals surface area contributed by atoms with Crippen LogP contribution in [-0.2, 0) is 4.74 Å². The number of fused-ring (bicyclic) bond motifs is 1. The van der Waals surface area contributed by atoms with Crippen molar-refractivity contribution in [1.82, 2.24) is 20.1 Å². The van der Waals surface area contributed by atoms with Gasteiger partial charge >= 0.3 is 0 Å². The Kier molecular flexibility index (Phi) is 4.34. The van der Waals surface area contributed by atoms with Crippen molar-refractivity contribution in [2.45, 2.75) is 44.4 Å². The standard InChI is InChI=1S/C22H27N5O2/c1-13-19-16(20-18(11-29-20)27-9-3-8-22(2,23)12-27)10-17(24-21(19)26-25-13)14-4-6-15(28)7-5-14/h4-7,10,18,20,28H,3,8-9,11-12,23H2,1-2H3,(H,24,25,26). The van der Waals surface area contributed by atoms with Crippen molar-refractivity contribution in [1.29, 1.82) is 0 Å². The van der Waals surface area contributed by atoms with Crippen molar-refractivity contribution >= 4 is 11.0 Å². The molecule has 0 bridgehead atoms. The molecule has 2 saturated heterocycles. The van der Waals surface area contributed by atoms with Gasteiger partial charge in [0.2, 0.25) is 0 Å². The lowest BCUT2D eigenvalue weighted by Gasteiger charge is -2.49. The minimum absolute atomic E-state index is 0.0263. The number of hydrogen-bond acceptors (Lipinski definition) is 6. The van der Waals surface area contributed by atoms with Crippen LogP contribution in [0.2, 0.25) is 0 Å². The maximum absolute atomic E-state index is 9.62. The van der Waals surface area contributed by atoms with Crippen LogP contribution in [-0.4, -0.2) is 56.5 Å². The van der Waals surface area contributed by atoms with Gasteiger partial charge in [0.25, 0.3) is 0 Å². The topological polar surface area (TPSA) is 100 Å². The number of piperidine rings is 1. The van der Waals surface area contributed by atoms with Crippen LogP contribution < -0.4 is 5.73 Å². The van der Waals surface area contributed by atoms with Gasteiger partial charge < -0.3 is 15.6 Å². The molecule has 3 aromatic rings. The summed E-state index contributed by atoms with van der Waals surface area (Å²) in [5, 5.41) is 18.1. The van der Waals surface area contributed by atoms with Crippen molar-refractivity contribution in [3.05, 3.63) is 41.6 Å². The zero-order valence-electron chi connectivity index (χ0n) is 16.9. The Bertz CT molecular complexity index is 1040. The third-order valence-electron chi connectivity index (χ3n) is 6.23. The number of H-pyrrole nitrogens is 1. The third kappa shape index (κ3) is 3.29. The lowest BCUT2D eigenvalue weighted by molar-refractivity contribution is -0.145. The Labute approximate surface area is 169 Å². The number of nitrogens with two attached hydrogens (primary N) is 1. The fourth-order valence-corrected chi connectivity index (χ4v) is 4.68. The second-order valence-electron chi connectivity index (χ2n) is 8.74. The summed E-state index contributed by atoms with van der Waals surface area (Å²) in [6.07, 6.45) is 2.15. The van der Waals surface area contributed by atoms with Gasteiger partial charge in [0, 0.05) is 28.7 Å². The van der Waals surface area contributed by atoms with Gasteiger partial charge in [-0.3, -0.25) is 10.00 Å². The molecule has 3 unspecified atom stereocenters. The van der Waals surface area contributed by atoms with E-state index in [1.165, 1.54) is 0 Å². The number of phenolic OH excluding ortho intramolecular Hbond substituents is 1. The summed E-state index contributed by atoms with van der Waals surface area (Å²) in [6.45, 7) is 6.82. The highest BCUT2D eigenvalue weighted by molar-refractivity contribution is 5.85. The highest BCUT2D eigenvalue weighted by atomic mass is 16.5. The van der Waals surface area contributed by atoms with Gasteiger partial charge in [0.1, 0.15) is 11.9 Å². The van der Waals surface area contributed by atoms with Crippen molar-refractivity contribution in [2.75, 3.05) is 19.7 Å². The van der Waals surface area contributed by atoms with Gasteiger partial charge in [-0.15, -0.1) is 0 Å². The number of nitrogens with zero attached hydrogens (tertiary/aromatic N) is 3. The van der Waals surface area contributed by atoms with Crippen LogP contribution in [0.3, 0.4) is 0 Å². The smallest absolute Gasteiger partial charge is 0.182 e. The molecule has 2 fully saturated rings. The average Bonchev–Trinajstić information content (AvgIpc) is 3.02. The number of aromatic nitrogens is 3. The zero-order chi connectivity index (χ0) is 20.2. The fourth-order valence-electron chi connectivity index (χ4n) is 4.68. The van der Waals surface area contributed by atoms with E-state index in [9.17, 15) is 5.11 Å². The molecule has 5 rings (SSSR count). The summed E-state index contributed by atoms with van der Waals surface area (Å²) in [5.74, 6) is 0.239. The SMILES string of the molecule is Cc1[nH]nc2nc(-c3ccc(O)cc3)cc(C3OCC3N3CCCC(C)(N)C3)c12. The summed E-state index contributed by atoms with van der Waals surface area (Å²) in [4.78, 5) is 7.23. The summed E-state index contributed by atoms with van der Waals surface area (Å²) in [6, 6.07) is 9.52. The third-order valence-corrected chi connectivity index (χ3v) is 6.23. The Balaban J connectivity index is 1.55. The van der Waals surface area contributed by atoms with Crippen LogP contribution in [0.5, 0.6) is 5.75 Å². The summed E-state index contributed by atoms with van der Waals surface area (Å²) < 4.78 is 6.10. The number of nitrogens with one attached hydrogen (secondary N) is 1. The molecule has 0 spiro atoms. The molecule has 29 heavy (non-hydrogen) atoms. The largest absolute Gasteiger partial charge is 0.508 e. The van der Waals surface area contributed by atoms with E-state index in [0.717, 1.165) is 60.4 Å². The maximum Gasteiger partial charge on any atom is 0.182 e. The number of aromatic amines is 1. The molecule has 0 radical (unpaired) electrons. The van der Waals surface area contributed by atoms with Gasteiger partial charge in [-0.25, -0.2) is 4.98 Å². The molecule has 7 heteroatoms. The highest BCUT2D eigenvalue weighted by Crippen LogP contribution is 2.40. The van der Waals surface area contributed by atoms with E-state index >= 15 is 0 Å². The van der Waals surface area contributed by atoms with E-state index in [0.29, 0.717) is 11.7 Å². The number of aromatic hydroxyl groups is 1. The summed E-state index contributed by atoms with van der Waals surface area (Å²) in [7, 11) is 0. The minimum atomic E-state index is -0.144. The van der Waals surface area contributed by atoms with E-state index in [2.05, 4.69) is 28.1 Å². The van der Waals surface area contributed by atoms with Crippen molar-refractivity contribution in [3.63, 3.8) is 0 Å². The van der Waals surface area contributed by atoms with Gasteiger partial charge in [-0.1, -0.05) is 0 Å². The van der Waals surface area contributed by atoms with E-state index in [4.69, 9.17) is 15.5 Å². The highest BCUT2D eigenvalue weighted by Gasteiger charge is 2.42. The molecule has 152 valence electrons. The molecule has 4 N–H and O–H groups in total. The van der Waals surface area contributed by atoms with Crippen LogP contribution in [0.15, 0.2) is 30.3 Å². The molecule has 2 aliphatic heterocycles. The van der Waals surface area contributed by atoms with Crippen LogP contribution in [0.4, 0.5) is 0 Å². The van der Waals surface area contributed by atoms with Crippen molar-refractivity contribution < 1.29 is 9.84 Å². The molecular formula is C22H27N5O2.